The number of aliphatic hydroxyl groups excluding tert-OH is 1. The lowest BCUT2D eigenvalue weighted by Gasteiger charge is -2.34. The first-order valence-electron chi connectivity index (χ1n) is 12.7. The van der Waals surface area contributed by atoms with Crippen LogP contribution in [0, 0.1) is 5.92 Å². The number of carbonyl (C=O) groups is 1. The summed E-state index contributed by atoms with van der Waals surface area (Å²) in [5.74, 6) is -0.370. The molecular weight excluding hydrogens is 490 g/mol. The van der Waals surface area contributed by atoms with E-state index in [1.807, 2.05) is 74.0 Å². The first-order valence-corrected chi connectivity index (χ1v) is 14.3. The highest BCUT2D eigenvalue weighted by molar-refractivity contribution is 7.89. The van der Waals surface area contributed by atoms with E-state index < -0.39 is 22.2 Å². The Morgan fingerprint density at radius 1 is 1.16 bits per heavy atom. The molecule has 37 heavy (non-hydrogen) atoms. The first kappa shape index (κ1) is 27.3. The molecule has 8 nitrogen and oxygen atoms in total. The van der Waals surface area contributed by atoms with Crippen molar-refractivity contribution in [3.63, 3.8) is 0 Å². The summed E-state index contributed by atoms with van der Waals surface area (Å²) in [6.45, 7) is 5.97. The molecule has 0 saturated carbocycles. The highest BCUT2D eigenvalue weighted by Crippen LogP contribution is 2.38. The second-order valence-electron chi connectivity index (χ2n) is 9.95. The van der Waals surface area contributed by atoms with Crippen LogP contribution in [0.25, 0.3) is 22.0 Å². The van der Waals surface area contributed by atoms with E-state index in [9.17, 15) is 18.3 Å². The normalized spacial score (nSPS) is 20.0. The minimum Gasteiger partial charge on any atom is -0.394 e. The molecule has 1 aliphatic heterocycles. The summed E-state index contributed by atoms with van der Waals surface area (Å²) in [4.78, 5) is 16.0. The van der Waals surface area contributed by atoms with E-state index in [1.165, 1.54) is 4.31 Å². The molecule has 0 saturated heterocycles. The van der Waals surface area contributed by atoms with E-state index in [-0.39, 0.29) is 37.3 Å². The van der Waals surface area contributed by atoms with Crippen molar-refractivity contribution in [3.8, 4) is 11.1 Å². The monoisotopic (exact) mass is 527 g/mol. The lowest BCUT2D eigenvalue weighted by molar-refractivity contribution is -0.0147. The molecule has 0 fully saturated rings. The summed E-state index contributed by atoms with van der Waals surface area (Å²) in [6, 6.07) is 15.4. The van der Waals surface area contributed by atoms with Crippen molar-refractivity contribution in [2.45, 2.75) is 39.5 Å². The zero-order valence-corrected chi connectivity index (χ0v) is 23.0. The SMILES string of the molecule is CCS(=O)(=O)N(C)C[C@@H]1OCc2ccccc2-c2c(n(C)c3ccccc23)C(=O)N([C@H](C)CO)C[C@@H]1C. The highest BCUT2D eigenvalue weighted by Gasteiger charge is 2.34. The molecule has 0 bridgehead atoms. The van der Waals surface area contributed by atoms with Crippen molar-refractivity contribution in [3.05, 3.63) is 59.8 Å². The maximum absolute atomic E-state index is 14.3. The summed E-state index contributed by atoms with van der Waals surface area (Å²) < 4.78 is 34.8. The average molecular weight is 528 g/mol. The quantitative estimate of drug-likeness (QED) is 0.530. The number of aliphatic hydroxyl groups is 1. The Morgan fingerprint density at radius 2 is 1.84 bits per heavy atom. The van der Waals surface area contributed by atoms with Crippen molar-refractivity contribution >= 4 is 26.8 Å². The zero-order chi connectivity index (χ0) is 26.9. The first-order chi connectivity index (χ1) is 17.6. The van der Waals surface area contributed by atoms with Gasteiger partial charge in [0.25, 0.3) is 5.91 Å². The Kier molecular flexibility index (Phi) is 8.08. The van der Waals surface area contributed by atoms with Crippen LogP contribution in [0.2, 0.25) is 0 Å². The second-order valence-corrected chi connectivity index (χ2v) is 12.3. The summed E-state index contributed by atoms with van der Waals surface area (Å²) >= 11 is 0. The predicted molar refractivity (Wildman–Crippen MR) is 146 cm³/mol. The van der Waals surface area contributed by atoms with Crippen LogP contribution in [0.15, 0.2) is 48.5 Å². The van der Waals surface area contributed by atoms with Crippen LogP contribution in [0.3, 0.4) is 0 Å². The van der Waals surface area contributed by atoms with E-state index in [4.69, 9.17) is 4.74 Å². The van der Waals surface area contributed by atoms with Gasteiger partial charge >= 0.3 is 0 Å². The molecule has 2 heterocycles. The lowest BCUT2D eigenvalue weighted by atomic mass is 9.96. The molecule has 1 amide bonds. The fourth-order valence-electron chi connectivity index (χ4n) is 5.11. The Hall–Kier alpha value is -2.72. The van der Waals surface area contributed by atoms with Gasteiger partial charge in [0.15, 0.2) is 0 Å². The lowest BCUT2D eigenvalue weighted by Crippen LogP contribution is -2.48. The summed E-state index contributed by atoms with van der Waals surface area (Å²) in [5, 5.41) is 11.0. The van der Waals surface area contributed by atoms with Gasteiger partial charge in [0.1, 0.15) is 5.69 Å². The van der Waals surface area contributed by atoms with Crippen molar-refractivity contribution < 1.29 is 23.1 Å². The van der Waals surface area contributed by atoms with Crippen LogP contribution in [-0.2, 0) is 28.4 Å². The predicted octanol–water partition coefficient (Wildman–Crippen LogP) is 3.48. The maximum atomic E-state index is 14.3. The van der Waals surface area contributed by atoms with Crippen molar-refractivity contribution in [1.29, 1.82) is 0 Å². The van der Waals surface area contributed by atoms with E-state index in [1.54, 1.807) is 18.9 Å². The molecule has 0 spiro atoms. The summed E-state index contributed by atoms with van der Waals surface area (Å²) in [6.07, 6.45) is -0.460. The number of nitrogens with zero attached hydrogens (tertiary/aromatic N) is 3. The van der Waals surface area contributed by atoms with Crippen LogP contribution in [0.5, 0.6) is 0 Å². The number of amides is 1. The van der Waals surface area contributed by atoms with E-state index in [0.717, 1.165) is 27.6 Å². The highest BCUT2D eigenvalue weighted by atomic mass is 32.2. The minimum absolute atomic E-state index is 0.00196. The maximum Gasteiger partial charge on any atom is 0.271 e. The van der Waals surface area contributed by atoms with Gasteiger partial charge in [-0.05, 0) is 31.0 Å². The molecule has 0 radical (unpaired) electrons. The summed E-state index contributed by atoms with van der Waals surface area (Å²) in [5.41, 5.74) is 4.18. The Morgan fingerprint density at radius 3 is 2.54 bits per heavy atom. The topological polar surface area (TPSA) is 92.1 Å². The van der Waals surface area contributed by atoms with Crippen LogP contribution in [0.1, 0.15) is 36.8 Å². The van der Waals surface area contributed by atoms with Crippen LogP contribution < -0.4 is 0 Å². The number of rotatable bonds is 6. The third-order valence-electron chi connectivity index (χ3n) is 7.50. The number of para-hydroxylation sites is 1. The number of aryl methyl sites for hydroxylation is 1. The smallest absolute Gasteiger partial charge is 0.271 e. The molecule has 200 valence electrons. The van der Waals surface area contributed by atoms with Gasteiger partial charge in [0, 0.05) is 49.6 Å². The van der Waals surface area contributed by atoms with Crippen molar-refractivity contribution in [2.24, 2.45) is 13.0 Å². The average Bonchev–Trinajstić information content (AvgIpc) is 3.19. The number of carbonyl (C=O) groups excluding carboxylic acids is 1. The van der Waals surface area contributed by atoms with Gasteiger partial charge in [-0.25, -0.2) is 12.7 Å². The van der Waals surface area contributed by atoms with Gasteiger partial charge in [-0.2, -0.15) is 0 Å². The number of aromatic nitrogens is 1. The number of hydrogen-bond donors (Lipinski definition) is 1. The van der Waals surface area contributed by atoms with E-state index >= 15 is 0 Å². The van der Waals surface area contributed by atoms with Gasteiger partial charge < -0.3 is 19.3 Å². The summed E-state index contributed by atoms with van der Waals surface area (Å²) in [7, 11) is 0.0573. The number of sulfonamides is 1. The van der Waals surface area contributed by atoms with Crippen LogP contribution in [-0.4, -0.2) is 77.8 Å². The fraction of sp³-hybridized carbons (Fsp3) is 0.464. The van der Waals surface area contributed by atoms with Gasteiger partial charge in [-0.1, -0.05) is 49.4 Å². The molecule has 4 rings (SSSR count). The van der Waals surface area contributed by atoms with Crippen molar-refractivity contribution in [2.75, 3.05) is 32.5 Å². The molecule has 3 atom stereocenters. The molecule has 1 aromatic heterocycles. The molecule has 1 aliphatic rings. The molecule has 0 aliphatic carbocycles. The largest absolute Gasteiger partial charge is 0.394 e. The number of likely N-dealkylation sites (N-methyl/N-ethyl adjacent to an activating group) is 1. The van der Waals surface area contributed by atoms with E-state index in [0.29, 0.717) is 12.2 Å². The zero-order valence-electron chi connectivity index (χ0n) is 22.2. The van der Waals surface area contributed by atoms with Gasteiger partial charge in [0.2, 0.25) is 10.0 Å². The van der Waals surface area contributed by atoms with Crippen LogP contribution in [0.4, 0.5) is 0 Å². The molecule has 3 aromatic rings. The Labute approximate surface area is 219 Å². The van der Waals surface area contributed by atoms with Gasteiger partial charge in [-0.3, -0.25) is 4.79 Å². The fourth-order valence-corrected chi connectivity index (χ4v) is 5.93. The van der Waals surface area contributed by atoms with Crippen molar-refractivity contribution in [1.82, 2.24) is 13.8 Å². The molecule has 9 heteroatoms. The van der Waals surface area contributed by atoms with E-state index in [2.05, 4.69) is 0 Å². The minimum atomic E-state index is -3.41. The molecule has 1 N–H and O–H groups in total. The van der Waals surface area contributed by atoms with Gasteiger partial charge in [-0.15, -0.1) is 0 Å². The molecular formula is C28H37N3O5S. The Bertz CT molecular complexity index is 1380. The standard InChI is InChI=1S/C28H37N3O5S/c1-6-37(34,35)29(4)16-25-19(2)15-31(20(3)17-32)28(33)27-26(22-12-8-7-11-21(22)18-36-25)23-13-9-10-14-24(23)30(27)5/h7-14,19-20,25,32H,6,15-18H2,1-5H3/t19-,20+,25-/m0/s1. The number of hydrogen-bond acceptors (Lipinski definition) is 5. The number of ether oxygens (including phenoxy) is 1. The number of fused-ring (bicyclic) bond motifs is 5. The van der Waals surface area contributed by atoms with Gasteiger partial charge in [0.05, 0.1) is 31.1 Å². The second kappa shape index (κ2) is 10.9. The third-order valence-corrected chi connectivity index (χ3v) is 9.33. The number of benzene rings is 2. The molecule has 2 aromatic carbocycles. The third kappa shape index (κ3) is 5.18. The molecule has 0 unspecified atom stereocenters. The van der Waals surface area contributed by atoms with Crippen LogP contribution >= 0.6 is 0 Å². The Balaban J connectivity index is 1.91.